The molecule has 0 bridgehead atoms. The number of pyridine rings is 2. The van der Waals surface area contributed by atoms with Gasteiger partial charge in [-0.1, -0.05) is 180 Å². The summed E-state index contributed by atoms with van der Waals surface area (Å²) >= 11 is 0. The predicted octanol–water partition coefficient (Wildman–Crippen LogP) is 16.4. The van der Waals surface area contributed by atoms with Gasteiger partial charge in [-0.3, -0.25) is 19.6 Å². The van der Waals surface area contributed by atoms with E-state index < -0.39 is 10.8 Å². The van der Waals surface area contributed by atoms with Crippen molar-refractivity contribution in [3.8, 4) is 22.5 Å². The van der Waals surface area contributed by atoms with Gasteiger partial charge in [-0.2, -0.15) is 0 Å². The second-order valence-corrected chi connectivity index (χ2v) is 22.1. The molecule has 0 unspecified atom stereocenters. The number of hydrogen-bond donors (Lipinski definition) is 2. The van der Waals surface area contributed by atoms with Crippen molar-refractivity contribution in [1.82, 2.24) is 9.97 Å². The van der Waals surface area contributed by atoms with Gasteiger partial charge in [0, 0.05) is 84.8 Å². The Morgan fingerprint density at radius 2 is 0.841 bits per heavy atom. The topological polar surface area (TPSA) is 100 Å². The Bertz CT molecular complexity index is 2750. The second-order valence-electron chi connectivity index (χ2n) is 22.1. The van der Waals surface area contributed by atoms with Gasteiger partial charge in [-0.05, 0) is 48.5 Å². The number of aliphatic hydroxyl groups excluding tert-OH is 2. The van der Waals surface area contributed by atoms with Gasteiger partial charge in [0.1, 0.15) is 11.5 Å². The van der Waals surface area contributed by atoms with Gasteiger partial charge in [0.25, 0.3) is 0 Å². The van der Waals surface area contributed by atoms with Crippen LogP contribution < -0.4 is 0 Å². The third-order valence-corrected chi connectivity index (χ3v) is 12.1. The summed E-state index contributed by atoms with van der Waals surface area (Å²) in [6, 6.07) is 30.1. The molecule has 6 nitrogen and oxygen atoms in total. The Balaban J connectivity index is 0.000000468. The molecule has 4 aromatic carbocycles. The molecular formula is C61H78Ir2N2O4-2. The molecule has 6 aromatic rings. The summed E-state index contributed by atoms with van der Waals surface area (Å²) in [7, 11) is 0. The summed E-state index contributed by atoms with van der Waals surface area (Å²) in [6.45, 7) is 41.6. The Kier molecular flexibility index (Phi) is 22.6. The van der Waals surface area contributed by atoms with Gasteiger partial charge >= 0.3 is 0 Å². The molecule has 0 amide bonds. The first-order chi connectivity index (χ1) is 30.6. The van der Waals surface area contributed by atoms with Crippen LogP contribution in [-0.4, -0.2) is 31.7 Å². The summed E-state index contributed by atoms with van der Waals surface area (Å²) in [4.78, 5) is 32.6. The normalized spacial score (nSPS) is 12.0. The second kappa shape index (κ2) is 25.0. The minimum atomic E-state index is -0.417. The minimum absolute atomic E-state index is 0. The molecule has 69 heavy (non-hydrogen) atoms. The van der Waals surface area contributed by atoms with Crippen LogP contribution in [0.5, 0.6) is 0 Å². The van der Waals surface area contributed by atoms with Gasteiger partial charge in [0.05, 0.1) is 11.0 Å². The van der Waals surface area contributed by atoms with Gasteiger partial charge in [0.15, 0.2) is 11.6 Å². The molecule has 0 aliphatic heterocycles. The van der Waals surface area contributed by atoms with Crippen LogP contribution in [0.3, 0.4) is 0 Å². The number of aliphatic hydroxyl groups is 2. The van der Waals surface area contributed by atoms with Crippen molar-refractivity contribution >= 4 is 33.4 Å². The maximum absolute atomic E-state index is 11.5. The molecule has 0 aliphatic rings. The number of nitrogens with zero attached hydrogens (tertiary/aromatic N) is 2. The number of para-hydroxylation sites is 2. The monoisotopic (exact) mass is 1290 g/mol. The van der Waals surface area contributed by atoms with Crippen molar-refractivity contribution in [2.24, 2.45) is 21.7 Å². The van der Waals surface area contributed by atoms with Crippen molar-refractivity contribution in [3.05, 3.63) is 153 Å². The number of allylic oxidation sites excluding steroid dienone is 4. The number of aryl methyl sites for hydroxylation is 5. The summed E-state index contributed by atoms with van der Waals surface area (Å²) < 4.78 is 0. The standard InChI is InChI=1S/C20H20N.C19H18N.2C11H20O2.2Ir/c1-12-10-18(16(5)15(4)14(12)3)20-11-13(2)17-8-6-7-9-19(17)21-20;1-12-9-16(10-13(2)15(12)4)19-11-14(3)17-7-5-6-8-18(17)20-19;2*1-10(2,3)8(12)7-9(13)11(4,5)6;;/h6-9,11H,1-5H3;5-9,11H,1-4H3;2*7,12H,1-6H3;;/q2*-1;;;;. The van der Waals surface area contributed by atoms with E-state index in [0.717, 1.165) is 33.5 Å². The van der Waals surface area contributed by atoms with E-state index in [1.54, 1.807) is 0 Å². The van der Waals surface area contributed by atoms with E-state index >= 15 is 0 Å². The van der Waals surface area contributed by atoms with Crippen molar-refractivity contribution in [3.63, 3.8) is 0 Å². The maximum Gasteiger partial charge on any atom is 0.164 e. The molecular weight excluding hydrogens is 1210 g/mol. The van der Waals surface area contributed by atoms with Crippen molar-refractivity contribution in [2.45, 2.75) is 145 Å². The maximum atomic E-state index is 11.5. The molecule has 0 saturated carbocycles. The largest absolute Gasteiger partial charge is 0.512 e. The number of rotatable bonds is 4. The molecule has 6 rings (SSSR count). The van der Waals surface area contributed by atoms with E-state index in [0.29, 0.717) is 0 Å². The fourth-order valence-electron chi connectivity index (χ4n) is 6.55. The van der Waals surface area contributed by atoms with Crippen LogP contribution in [0.2, 0.25) is 0 Å². The molecule has 0 fully saturated rings. The van der Waals surface area contributed by atoms with Gasteiger partial charge in [-0.15, -0.1) is 68.3 Å². The molecule has 0 saturated heterocycles. The first kappa shape index (κ1) is 62.4. The first-order valence-corrected chi connectivity index (χ1v) is 23.3. The average Bonchev–Trinajstić information content (AvgIpc) is 3.22. The van der Waals surface area contributed by atoms with E-state index in [9.17, 15) is 19.8 Å². The molecule has 0 atom stereocenters. The Labute approximate surface area is 442 Å². The average molecular weight is 1290 g/mol. The van der Waals surface area contributed by atoms with Gasteiger partial charge in [-0.25, -0.2) is 0 Å². The zero-order valence-corrected chi connectivity index (χ0v) is 50.1. The zero-order valence-electron chi connectivity index (χ0n) is 45.3. The molecule has 0 aliphatic carbocycles. The van der Waals surface area contributed by atoms with Crippen LogP contribution >= 0.6 is 0 Å². The number of benzene rings is 4. The molecule has 376 valence electrons. The fraction of sp³-hybridized carbons (Fsp3) is 0.410. The van der Waals surface area contributed by atoms with E-state index in [2.05, 4.69) is 129 Å². The molecule has 2 heterocycles. The van der Waals surface area contributed by atoms with Crippen molar-refractivity contribution < 1.29 is 60.0 Å². The molecule has 8 heteroatoms. The molecule has 0 spiro atoms. The number of fused-ring (bicyclic) bond motifs is 2. The van der Waals surface area contributed by atoms with Crippen LogP contribution in [-0.2, 0) is 49.8 Å². The van der Waals surface area contributed by atoms with Gasteiger partial charge in [0.2, 0.25) is 0 Å². The summed E-state index contributed by atoms with van der Waals surface area (Å²) in [5.41, 5.74) is 16.3. The van der Waals surface area contributed by atoms with Gasteiger partial charge < -0.3 is 10.2 Å². The zero-order chi connectivity index (χ0) is 51.1. The SMILES string of the molecule is CC(C)(C)C(=O)C=C(O)C(C)(C)C.CC(C)(C)C(=O)C=C(O)C(C)(C)C.Cc1[c-]c(-c2cc(C)c3ccccc3n2)c(C)c(C)c1C.Cc1[c-]c(-c2cc(C)c3ccccc3n2)cc(C)c1C.[Ir].[Ir]. The molecule has 2 N–H and O–H groups in total. The quantitative estimate of drug-likeness (QED) is 0.104. The Morgan fingerprint density at radius 1 is 0.464 bits per heavy atom. The summed E-state index contributed by atoms with van der Waals surface area (Å²) in [5.74, 6) is 0.208. The molecule has 2 aromatic heterocycles. The number of carbonyl (C=O) groups excluding carboxylic acids is 2. The number of aromatic nitrogens is 2. The van der Waals surface area contributed by atoms with E-state index in [1.165, 1.54) is 73.0 Å². The molecule has 2 radical (unpaired) electrons. The fourth-order valence-corrected chi connectivity index (χ4v) is 6.55. The smallest absolute Gasteiger partial charge is 0.164 e. The van der Waals surface area contributed by atoms with Crippen LogP contribution in [0.4, 0.5) is 0 Å². The van der Waals surface area contributed by atoms with E-state index in [1.807, 2.05) is 95.2 Å². The Morgan fingerprint density at radius 3 is 1.23 bits per heavy atom. The van der Waals surface area contributed by atoms with Crippen molar-refractivity contribution in [2.75, 3.05) is 0 Å². The number of ketones is 2. The van der Waals surface area contributed by atoms with E-state index in [4.69, 9.17) is 9.97 Å². The number of hydrogen-bond acceptors (Lipinski definition) is 6. The first-order valence-electron chi connectivity index (χ1n) is 23.3. The van der Waals surface area contributed by atoms with E-state index in [-0.39, 0.29) is 74.1 Å². The minimum Gasteiger partial charge on any atom is -0.512 e. The predicted molar refractivity (Wildman–Crippen MR) is 284 cm³/mol. The van der Waals surface area contributed by atoms with Crippen molar-refractivity contribution in [1.29, 1.82) is 0 Å². The summed E-state index contributed by atoms with van der Waals surface area (Å²) in [6.07, 6.45) is 2.67. The third-order valence-electron chi connectivity index (χ3n) is 12.1. The van der Waals surface area contributed by atoms with Crippen LogP contribution in [0, 0.1) is 96.1 Å². The summed E-state index contributed by atoms with van der Waals surface area (Å²) in [5, 5.41) is 21.6. The number of carbonyl (C=O) groups is 2. The Hall–Kier alpha value is -4.58. The third kappa shape index (κ3) is 17.4. The van der Waals surface area contributed by atoms with Crippen LogP contribution in [0.1, 0.15) is 133 Å². The van der Waals surface area contributed by atoms with Crippen LogP contribution in [0.25, 0.3) is 44.3 Å². The van der Waals surface area contributed by atoms with Crippen LogP contribution in [0.15, 0.2) is 90.4 Å².